The van der Waals surface area contributed by atoms with Crippen molar-refractivity contribution in [3.05, 3.63) is 72.3 Å². The van der Waals surface area contributed by atoms with Crippen molar-refractivity contribution in [2.24, 2.45) is 5.41 Å². The second-order valence-electron chi connectivity index (χ2n) is 9.66. The molecule has 186 valence electrons. The maximum atomic E-state index is 12.8. The van der Waals surface area contributed by atoms with Gasteiger partial charge in [-0.05, 0) is 46.9 Å². The first-order valence-electron chi connectivity index (χ1n) is 11.9. The van der Waals surface area contributed by atoms with E-state index in [-0.39, 0.29) is 30.8 Å². The molecule has 1 atom stereocenters. The second kappa shape index (κ2) is 11.7. The number of hydrogen-bond acceptors (Lipinski definition) is 4. The number of benzene rings is 2. The topological polar surface area (TPSA) is 105 Å². The van der Waals surface area contributed by atoms with Crippen molar-refractivity contribution in [1.82, 2.24) is 10.6 Å². The molecule has 0 fully saturated rings. The maximum Gasteiger partial charge on any atom is 0.407 e. The van der Waals surface area contributed by atoms with Gasteiger partial charge in [0.1, 0.15) is 12.6 Å². The van der Waals surface area contributed by atoms with Crippen LogP contribution in [0.4, 0.5) is 4.79 Å². The molecule has 7 nitrogen and oxygen atoms in total. The van der Waals surface area contributed by atoms with Crippen LogP contribution >= 0.6 is 0 Å². The summed E-state index contributed by atoms with van der Waals surface area (Å²) in [5, 5.41) is 14.5. The first kappa shape index (κ1) is 26.0. The van der Waals surface area contributed by atoms with Crippen LogP contribution in [0.25, 0.3) is 11.1 Å². The van der Waals surface area contributed by atoms with E-state index in [1.165, 1.54) is 0 Å². The Bertz CT molecular complexity index is 1030. The van der Waals surface area contributed by atoms with Gasteiger partial charge in [-0.1, -0.05) is 68.5 Å². The van der Waals surface area contributed by atoms with Crippen LogP contribution < -0.4 is 10.6 Å². The lowest BCUT2D eigenvalue weighted by Gasteiger charge is -2.26. The van der Waals surface area contributed by atoms with Gasteiger partial charge in [-0.25, -0.2) is 4.79 Å². The van der Waals surface area contributed by atoms with Crippen LogP contribution in [0.5, 0.6) is 0 Å². The third kappa shape index (κ3) is 6.94. The second-order valence-corrected chi connectivity index (χ2v) is 9.66. The Morgan fingerprint density at radius 1 is 1.09 bits per heavy atom. The molecule has 1 aliphatic rings. The van der Waals surface area contributed by atoms with Gasteiger partial charge in [0.05, 0.1) is 0 Å². The Balaban J connectivity index is 1.62. The Morgan fingerprint density at radius 3 is 2.26 bits per heavy atom. The molecule has 0 radical (unpaired) electrons. The van der Waals surface area contributed by atoms with Crippen LogP contribution in [0.3, 0.4) is 0 Å². The predicted molar refractivity (Wildman–Crippen MR) is 135 cm³/mol. The zero-order valence-electron chi connectivity index (χ0n) is 20.4. The monoisotopic (exact) mass is 478 g/mol. The summed E-state index contributed by atoms with van der Waals surface area (Å²) in [6.07, 6.45) is 2.47. The quantitative estimate of drug-likeness (QED) is 0.378. The van der Waals surface area contributed by atoms with Gasteiger partial charge in [0.25, 0.3) is 0 Å². The largest absolute Gasteiger partial charge is 0.481 e. The molecular formula is C28H34N2O5. The van der Waals surface area contributed by atoms with Crippen molar-refractivity contribution in [1.29, 1.82) is 0 Å². The summed E-state index contributed by atoms with van der Waals surface area (Å²) >= 11 is 0. The number of nitrogens with one attached hydrogen (secondary N) is 2. The van der Waals surface area contributed by atoms with E-state index in [4.69, 9.17) is 9.84 Å². The number of alkyl carbamates (subject to hydrolysis) is 1. The van der Waals surface area contributed by atoms with E-state index in [1.54, 1.807) is 0 Å². The fourth-order valence-corrected chi connectivity index (χ4v) is 4.35. The number of amides is 2. The van der Waals surface area contributed by atoms with Gasteiger partial charge in [0, 0.05) is 18.9 Å². The molecule has 0 bridgehead atoms. The van der Waals surface area contributed by atoms with Gasteiger partial charge in [0.15, 0.2) is 0 Å². The van der Waals surface area contributed by atoms with Crippen LogP contribution in [0.2, 0.25) is 0 Å². The van der Waals surface area contributed by atoms with E-state index in [2.05, 4.69) is 29.3 Å². The van der Waals surface area contributed by atoms with Crippen molar-refractivity contribution in [2.45, 2.75) is 51.5 Å². The van der Waals surface area contributed by atoms with E-state index in [1.807, 2.05) is 56.3 Å². The molecule has 0 spiro atoms. The average molecular weight is 479 g/mol. The number of carbonyl (C=O) groups excluding carboxylic acids is 2. The molecule has 35 heavy (non-hydrogen) atoms. The maximum absolute atomic E-state index is 12.8. The molecule has 0 saturated heterocycles. The molecule has 2 amide bonds. The summed E-state index contributed by atoms with van der Waals surface area (Å²) < 4.78 is 5.54. The standard InChI is InChI=1S/C28H34N2O5/c1-4-5-16-28(2,3)18-29-26(33)24(14-15-25(31)32)30-27(34)35-17-23-21-12-8-6-10-19(21)20-11-7-9-13-22(20)23/h4,6-13,23-24H,1,5,14-18H2,2-3H3,(H,29,33)(H,30,34)(H,31,32). The highest BCUT2D eigenvalue weighted by atomic mass is 16.5. The molecular weight excluding hydrogens is 444 g/mol. The zero-order chi connectivity index (χ0) is 25.4. The van der Waals surface area contributed by atoms with Crippen molar-refractivity contribution in [3.63, 3.8) is 0 Å². The van der Waals surface area contributed by atoms with Gasteiger partial charge in [-0.15, -0.1) is 6.58 Å². The first-order valence-corrected chi connectivity index (χ1v) is 11.9. The number of carbonyl (C=O) groups is 3. The number of allylic oxidation sites excluding steroid dienone is 1. The highest BCUT2D eigenvalue weighted by molar-refractivity contribution is 5.86. The summed E-state index contributed by atoms with van der Waals surface area (Å²) in [7, 11) is 0. The normalized spacial score (nSPS) is 13.3. The minimum Gasteiger partial charge on any atom is -0.481 e. The molecule has 0 saturated carbocycles. The molecule has 2 aromatic carbocycles. The van der Waals surface area contributed by atoms with E-state index in [0.717, 1.165) is 35.1 Å². The molecule has 0 heterocycles. The van der Waals surface area contributed by atoms with Crippen molar-refractivity contribution in [2.75, 3.05) is 13.2 Å². The lowest BCUT2D eigenvalue weighted by atomic mass is 9.87. The summed E-state index contributed by atoms with van der Waals surface area (Å²) in [6, 6.07) is 15.0. The molecule has 1 aliphatic carbocycles. The number of fused-ring (bicyclic) bond motifs is 3. The molecule has 3 rings (SSSR count). The highest BCUT2D eigenvalue weighted by Gasteiger charge is 2.30. The van der Waals surface area contributed by atoms with Crippen molar-refractivity contribution >= 4 is 18.0 Å². The Labute approximate surface area is 206 Å². The fraction of sp³-hybridized carbons (Fsp3) is 0.393. The molecule has 0 aromatic heterocycles. The summed E-state index contributed by atoms with van der Waals surface area (Å²) in [5.74, 6) is -1.57. The van der Waals surface area contributed by atoms with Gasteiger partial charge < -0.3 is 20.5 Å². The van der Waals surface area contributed by atoms with Crippen LogP contribution in [0.1, 0.15) is 56.6 Å². The van der Waals surface area contributed by atoms with E-state index in [0.29, 0.717) is 6.54 Å². The van der Waals surface area contributed by atoms with Gasteiger partial charge in [-0.3, -0.25) is 9.59 Å². The number of carboxylic acids is 1. The van der Waals surface area contributed by atoms with E-state index >= 15 is 0 Å². The fourth-order valence-electron chi connectivity index (χ4n) is 4.35. The van der Waals surface area contributed by atoms with E-state index < -0.39 is 24.0 Å². The van der Waals surface area contributed by atoms with Crippen LogP contribution in [-0.4, -0.2) is 42.3 Å². The Morgan fingerprint density at radius 2 is 1.69 bits per heavy atom. The lowest BCUT2D eigenvalue weighted by molar-refractivity contribution is -0.137. The minimum atomic E-state index is -1.04. The van der Waals surface area contributed by atoms with Crippen LogP contribution in [0.15, 0.2) is 61.2 Å². The van der Waals surface area contributed by atoms with E-state index in [9.17, 15) is 14.4 Å². The smallest absolute Gasteiger partial charge is 0.407 e. The third-order valence-electron chi connectivity index (χ3n) is 6.37. The average Bonchev–Trinajstić information content (AvgIpc) is 3.16. The van der Waals surface area contributed by atoms with Crippen molar-refractivity contribution < 1.29 is 24.2 Å². The van der Waals surface area contributed by atoms with Gasteiger partial charge in [0.2, 0.25) is 5.91 Å². The summed E-state index contributed by atoms with van der Waals surface area (Å²) in [6.45, 7) is 8.30. The van der Waals surface area contributed by atoms with Crippen LogP contribution in [0, 0.1) is 5.41 Å². The van der Waals surface area contributed by atoms with Crippen LogP contribution in [-0.2, 0) is 14.3 Å². The number of rotatable bonds is 12. The molecule has 2 aromatic rings. The third-order valence-corrected chi connectivity index (χ3v) is 6.37. The van der Waals surface area contributed by atoms with Crippen molar-refractivity contribution in [3.8, 4) is 11.1 Å². The Kier molecular flexibility index (Phi) is 8.68. The number of ether oxygens (including phenoxy) is 1. The molecule has 3 N–H and O–H groups in total. The molecule has 7 heteroatoms. The number of carboxylic acid groups (broad SMARTS) is 1. The Hall–Kier alpha value is -3.61. The highest BCUT2D eigenvalue weighted by Crippen LogP contribution is 2.44. The number of aliphatic carboxylic acids is 1. The SMILES string of the molecule is C=CCCC(C)(C)CNC(=O)C(CCC(=O)O)NC(=O)OCC1c2ccccc2-c2ccccc21. The molecule has 1 unspecified atom stereocenters. The van der Waals surface area contributed by atoms with Gasteiger partial charge in [-0.2, -0.15) is 0 Å². The molecule has 0 aliphatic heterocycles. The number of hydrogen-bond donors (Lipinski definition) is 3. The lowest BCUT2D eigenvalue weighted by Crippen LogP contribution is -2.49. The predicted octanol–water partition coefficient (Wildman–Crippen LogP) is 4.87. The zero-order valence-corrected chi connectivity index (χ0v) is 20.4. The summed E-state index contributed by atoms with van der Waals surface area (Å²) in [4.78, 5) is 36.6. The minimum absolute atomic E-state index is 0.0293. The van der Waals surface area contributed by atoms with Gasteiger partial charge >= 0.3 is 12.1 Å². The summed E-state index contributed by atoms with van der Waals surface area (Å²) in [5.41, 5.74) is 4.25. The first-order chi connectivity index (χ1) is 16.7.